The highest BCUT2D eigenvalue weighted by Gasteiger charge is 2.32. The van der Waals surface area contributed by atoms with Crippen LogP contribution in [0, 0.1) is 5.92 Å². The molecule has 2 atom stereocenters. The van der Waals surface area contributed by atoms with Crippen molar-refractivity contribution >= 4 is 18.0 Å². The molecule has 1 unspecified atom stereocenters. The van der Waals surface area contributed by atoms with Crippen LogP contribution in [0.2, 0.25) is 0 Å². The fraction of sp³-hybridized carbons (Fsp3) is 0.571. The molecule has 1 aromatic rings. The molecule has 0 aromatic heterocycles. The Labute approximate surface area is 171 Å². The Morgan fingerprint density at radius 3 is 2.62 bits per heavy atom. The summed E-state index contributed by atoms with van der Waals surface area (Å²) in [6.45, 7) is 4.48. The first-order valence-corrected chi connectivity index (χ1v) is 9.95. The number of carbonyl (C=O) groups excluding carboxylic acids is 2. The van der Waals surface area contributed by atoms with E-state index < -0.39 is 30.6 Å². The molecule has 8 heteroatoms. The second kappa shape index (κ2) is 11.4. The van der Waals surface area contributed by atoms with Crippen LogP contribution >= 0.6 is 0 Å². The molecule has 1 fully saturated rings. The molecule has 2 amide bonds. The van der Waals surface area contributed by atoms with Crippen LogP contribution in [0.4, 0.5) is 4.79 Å². The zero-order valence-corrected chi connectivity index (χ0v) is 17.0. The van der Waals surface area contributed by atoms with E-state index in [9.17, 15) is 14.4 Å². The van der Waals surface area contributed by atoms with Crippen molar-refractivity contribution in [2.75, 3.05) is 19.7 Å². The molecule has 1 aliphatic rings. The monoisotopic (exact) mass is 406 g/mol. The van der Waals surface area contributed by atoms with E-state index in [1.54, 1.807) is 4.90 Å². The lowest BCUT2D eigenvalue weighted by atomic mass is 10.1. The van der Waals surface area contributed by atoms with Crippen LogP contribution in [0.5, 0.6) is 0 Å². The van der Waals surface area contributed by atoms with Gasteiger partial charge in [0.25, 0.3) is 0 Å². The van der Waals surface area contributed by atoms with Crippen molar-refractivity contribution in [1.29, 1.82) is 0 Å². The van der Waals surface area contributed by atoms with E-state index in [4.69, 9.17) is 14.6 Å². The Morgan fingerprint density at radius 1 is 1.24 bits per heavy atom. The van der Waals surface area contributed by atoms with Gasteiger partial charge in [-0.25, -0.2) is 4.79 Å². The highest BCUT2D eigenvalue weighted by atomic mass is 16.6. The number of hydrogen-bond donors (Lipinski definition) is 2. The van der Waals surface area contributed by atoms with Gasteiger partial charge < -0.3 is 24.8 Å². The third kappa shape index (κ3) is 7.73. The van der Waals surface area contributed by atoms with Gasteiger partial charge >= 0.3 is 12.1 Å². The molecule has 8 nitrogen and oxygen atoms in total. The van der Waals surface area contributed by atoms with Crippen LogP contribution in [0.25, 0.3) is 0 Å². The zero-order chi connectivity index (χ0) is 21.2. The van der Waals surface area contributed by atoms with Gasteiger partial charge in [-0.1, -0.05) is 44.2 Å². The van der Waals surface area contributed by atoms with Gasteiger partial charge in [-0.15, -0.1) is 0 Å². The second-order valence-electron chi connectivity index (χ2n) is 7.59. The number of ether oxygens (including phenoxy) is 2. The number of benzene rings is 1. The van der Waals surface area contributed by atoms with E-state index in [0.29, 0.717) is 13.0 Å². The molecule has 1 heterocycles. The standard InChI is InChI=1S/C21H30N2O6/c1-15(2)11-18(20(26)22-12-19(24)25)28-14-17-9-6-10-23(17)21(27)29-13-16-7-4-3-5-8-16/h3-5,7-8,15,17-18H,6,9-14H2,1-2H3,(H,22,26)(H,24,25)/t17?,18-/m0/s1. The second-order valence-corrected chi connectivity index (χ2v) is 7.59. The van der Waals surface area contributed by atoms with Gasteiger partial charge in [0.2, 0.25) is 5.91 Å². The maximum absolute atomic E-state index is 12.5. The first kappa shape index (κ1) is 22.7. The zero-order valence-electron chi connectivity index (χ0n) is 17.0. The normalized spacial score (nSPS) is 17.2. The van der Waals surface area contributed by atoms with Crippen LogP contribution < -0.4 is 5.32 Å². The first-order chi connectivity index (χ1) is 13.9. The highest BCUT2D eigenvalue weighted by Crippen LogP contribution is 2.20. The Morgan fingerprint density at radius 2 is 1.97 bits per heavy atom. The van der Waals surface area contributed by atoms with Gasteiger partial charge in [0.15, 0.2) is 0 Å². The number of carboxylic acid groups (broad SMARTS) is 1. The van der Waals surface area contributed by atoms with Crippen molar-refractivity contribution in [1.82, 2.24) is 10.2 Å². The molecular formula is C21H30N2O6. The largest absolute Gasteiger partial charge is 0.480 e. The summed E-state index contributed by atoms with van der Waals surface area (Å²) in [5.74, 6) is -1.35. The summed E-state index contributed by atoms with van der Waals surface area (Å²) in [4.78, 5) is 37.1. The van der Waals surface area contributed by atoms with Crippen molar-refractivity contribution in [2.45, 2.75) is 51.9 Å². The van der Waals surface area contributed by atoms with Crippen molar-refractivity contribution in [3.8, 4) is 0 Å². The van der Waals surface area contributed by atoms with Gasteiger partial charge in [-0.2, -0.15) is 0 Å². The van der Waals surface area contributed by atoms with Gasteiger partial charge in [-0.05, 0) is 30.7 Å². The van der Waals surface area contributed by atoms with E-state index in [1.165, 1.54) is 0 Å². The number of hydrogen-bond acceptors (Lipinski definition) is 5. The molecule has 0 spiro atoms. The van der Waals surface area contributed by atoms with Crippen LogP contribution in [0.3, 0.4) is 0 Å². The van der Waals surface area contributed by atoms with Crippen molar-refractivity contribution in [2.24, 2.45) is 5.92 Å². The van der Waals surface area contributed by atoms with Gasteiger partial charge in [0.05, 0.1) is 12.6 Å². The average Bonchev–Trinajstić information content (AvgIpc) is 3.16. The van der Waals surface area contributed by atoms with Crippen LogP contribution in [-0.2, 0) is 25.7 Å². The Hall–Kier alpha value is -2.61. The third-order valence-corrected chi connectivity index (χ3v) is 4.70. The minimum atomic E-state index is -1.11. The highest BCUT2D eigenvalue weighted by molar-refractivity contribution is 5.84. The number of amides is 2. The lowest BCUT2D eigenvalue weighted by Gasteiger charge is -2.26. The fourth-order valence-electron chi connectivity index (χ4n) is 3.23. The lowest BCUT2D eigenvalue weighted by Crippen LogP contribution is -2.43. The Bertz CT molecular complexity index is 679. The molecule has 2 N–H and O–H groups in total. The van der Waals surface area contributed by atoms with E-state index in [0.717, 1.165) is 18.4 Å². The molecule has 160 valence electrons. The predicted molar refractivity (Wildman–Crippen MR) is 106 cm³/mol. The minimum Gasteiger partial charge on any atom is -0.480 e. The maximum atomic E-state index is 12.5. The number of nitrogens with one attached hydrogen (secondary N) is 1. The molecular weight excluding hydrogens is 376 g/mol. The summed E-state index contributed by atoms with van der Waals surface area (Å²) in [6, 6.07) is 9.30. The van der Waals surface area contributed by atoms with Gasteiger partial charge in [0.1, 0.15) is 19.3 Å². The average molecular weight is 406 g/mol. The number of rotatable bonds is 10. The van der Waals surface area contributed by atoms with Crippen molar-refractivity contribution in [3.05, 3.63) is 35.9 Å². The quantitative estimate of drug-likeness (QED) is 0.618. The fourth-order valence-corrected chi connectivity index (χ4v) is 3.23. The summed E-state index contributed by atoms with van der Waals surface area (Å²) in [5, 5.41) is 11.1. The minimum absolute atomic E-state index is 0.166. The number of aliphatic carboxylic acids is 1. The maximum Gasteiger partial charge on any atom is 0.410 e. The van der Waals surface area contributed by atoms with E-state index in [1.807, 2.05) is 44.2 Å². The van der Waals surface area contributed by atoms with Crippen LogP contribution in [-0.4, -0.2) is 59.8 Å². The molecule has 1 aliphatic heterocycles. The van der Waals surface area contributed by atoms with Crippen LogP contribution in [0.1, 0.15) is 38.7 Å². The Kier molecular flexibility index (Phi) is 8.92. The molecule has 1 saturated heterocycles. The SMILES string of the molecule is CC(C)C[C@H](OCC1CCCN1C(=O)OCc1ccccc1)C(=O)NCC(=O)O. The third-order valence-electron chi connectivity index (χ3n) is 4.70. The summed E-state index contributed by atoms with van der Waals surface area (Å²) in [7, 11) is 0. The summed E-state index contributed by atoms with van der Waals surface area (Å²) >= 11 is 0. The Balaban J connectivity index is 1.87. The lowest BCUT2D eigenvalue weighted by molar-refractivity contribution is -0.141. The van der Waals surface area contributed by atoms with Crippen molar-refractivity contribution < 1.29 is 29.0 Å². The molecule has 1 aromatic carbocycles. The van der Waals surface area contributed by atoms with Gasteiger partial charge in [-0.3, -0.25) is 9.59 Å². The summed E-state index contributed by atoms with van der Waals surface area (Å²) in [6.07, 6.45) is 0.935. The summed E-state index contributed by atoms with van der Waals surface area (Å²) in [5.41, 5.74) is 0.917. The van der Waals surface area contributed by atoms with E-state index in [2.05, 4.69) is 5.32 Å². The number of likely N-dealkylation sites (tertiary alicyclic amines) is 1. The smallest absolute Gasteiger partial charge is 0.410 e. The molecule has 0 bridgehead atoms. The molecule has 2 rings (SSSR count). The molecule has 0 aliphatic carbocycles. The van der Waals surface area contributed by atoms with Crippen molar-refractivity contribution in [3.63, 3.8) is 0 Å². The van der Waals surface area contributed by atoms with Crippen LogP contribution in [0.15, 0.2) is 30.3 Å². The number of carbonyl (C=O) groups is 3. The molecule has 0 radical (unpaired) electrons. The molecule has 29 heavy (non-hydrogen) atoms. The van der Waals surface area contributed by atoms with Gasteiger partial charge in [0, 0.05) is 6.54 Å². The molecule has 0 saturated carbocycles. The topological polar surface area (TPSA) is 105 Å². The summed E-state index contributed by atoms with van der Waals surface area (Å²) < 4.78 is 11.2. The number of nitrogens with zero attached hydrogens (tertiary/aromatic N) is 1. The predicted octanol–water partition coefficient (Wildman–Crippen LogP) is 2.42. The first-order valence-electron chi connectivity index (χ1n) is 9.95. The van der Waals surface area contributed by atoms with E-state index >= 15 is 0 Å². The van der Waals surface area contributed by atoms with E-state index in [-0.39, 0.29) is 25.2 Å². The number of carboxylic acids is 1.